The fraction of sp³-hybridized carbons (Fsp3) is 0.257. The molecule has 1 saturated heterocycles. The number of aryl methyl sites for hydroxylation is 1. The van der Waals surface area contributed by atoms with Crippen molar-refractivity contribution in [1.29, 1.82) is 0 Å². The van der Waals surface area contributed by atoms with Crippen LogP contribution in [0.4, 0.5) is 0 Å². The molecular weight excluding hydrogens is 496 g/mol. The van der Waals surface area contributed by atoms with Gasteiger partial charge in [-0.25, -0.2) is 0 Å². The summed E-state index contributed by atoms with van der Waals surface area (Å²) < 4.78 is 2.93. The predicted octanol–water partition coefficient (Wildman–Crippen LogP) is 9.77. The molecule has 4 aromatic rings. The Balaban J connectivity index is 1.79. The summed E-state index contributed by atoms with van der Waals surface area (Å²) in [4.78, 5) is 0. The van der Waals surface area contributed by atoms with Crippen molar-refractivity contribution in [2.24, 2.45) is 0 Å². The van der Waals surface area contributed by atoms with E-state index in [0.29, 0.717) is 11.3 Å². The first kappa shape index (κ1) is 27.3. The molecule has 1 heterocycles. The maximum Gasteiger partial charge on any atom is 0.0934 e. The minimum absolute atomic E-state index is 0.430. The van der Waals surface area contributed by atoms with E-state index in [9.17, 15) is 0 Å². The molecule has 0 bridgehead atoms. The van der Waals surface area contributed by atoms with E-state index in [-0.39, 0.29) is 0 Å². The third-order valence-corrected chi connectivity index (χ3v) is 18.1. The molecule has 1 nitrogen and oxygen atoms in total. The molecule has 0 aromatic heterocycles. The molecule has 3 heteroatoms. The second-order valence-electron chi connectivity index (χ2n) is 10.7. The largest absolute Gasteiger partial charge is 0.158 e. The summed E-state index contributed by atoms with van der Waals surface area (Å²) in [6, 6.07) is 42.6. The fourth-order valence-corrected chi connectivity index (χ4v) is 17.2. The van der Waals surface area contributed by atoms with Gasteiger partial charge in [0, 0.05) is 7.41 Å². The van der Waals surface area contributed by atoms with E-state index in [1.807, 2.05) is 0 Å². The third-order valence-electron chi connectivity index (χ3n) is 8.39. The van der Waals surface area contributed by atoms with E-state index in [1.54, 1.807) is 0 Å². The topological polar surface area (TPSA) is 3.24 Å². The summed E-state index contributed by atoms with van der Waals surface area (Å²) in [5, 5.41) is 2.76. The Morgan fingerprint density at radius 2 is 1.21 bits per heavy atom. The molecule has 0 radical (unpaired) electrons. The van der Waals surface area contributed by atoms with Crippen LogP contribution in [0.15, 0.2) is 115 Å². The van der Waals surface area contributed by atoms with Gasteiger partial charge in [-0.1, -0.05) is 110 Å². The van der Waals surface area contributed by atoms with Crippen LogP contribution in [0.3, 0.4) is 0 Å². The molecule has 1 aliphatic heterocycles. The zero-order valence-electron chi connectivity index (χ0n) is 22.9. The normalized spacial score (nSPS) is 20.3. The van der Waals surface area contributed by atoms with Crippen molar-refractivity contribution in [3.05, 3.63) is 145 Å². The lowest BCUT2D eigenvalue weighted by Gasteiger charge is -2.51. The lowest BCUT2D eigenvalue weighted by atomic mass is 10.0. The van der Waals surface area contributed by atoms with Crippen LogP contribution in [0.2, 0.25) is 0 Å². The highest BCUT2D eigenvalue weighted by Crippen LogP contribution is 2.91. The van der Waals surface area contributed by atoms with E-state index in [0.717, 1.165) is 19.4 Å². The lowest BCUT2D eigenvalue weighted by Crippen LogP contribution is -2.38. The molecule has 0 aliphatic carbocycles. The molecule has 38 heavy (non-hydrogen) atoms. The van der Waals surface area contributed by atoms with Crippen LogP contribution in [-0.4, -0.2) is 11.0 Å². The SMILES string of the molecule is [CH2-][P+](c1ccccc1)(c1ccccc1C)N(CCCC)[P+]1([CH2-])[C@H](c2ccccc2)CC[C@H]1c1ccccc1. The van der Waals surface area contributed by atoms with Gasteiger partial charge in [-0.05, 0) is 61.1 Å². The molecule has 3 atom stereocenters. The Kier molecular flexibility index (Phi) is 8.50. The molecule has 1 aliphatic rings. The van der Waals surface area contributed by atoms with Crippen molar-refractivity contribution in [3.63, 3.8) is 0 Å². The highest BCUT2D eigenvalue weighted by atomic mass is 31.2. The summed E-state index contributed by atoms with van der Waals surface area (Å²) in [5.41, 5.74) is 5.08. The van der Waals surface area contributed by atoms with Gasteiger partial charge in [-0.2, -0.15) is 6.66 Å². The number of unbranched alkanes of at least 4 members (excludes halogenated alkanes) is 1. The summed E-state index contributed by atoms with van der Waals surface area (Å²) in [5.74, 6) is 0. The Morgan fingerprint density at radius 1 is 0.737 bits per heavy atom. The first-order valence-corrected chi connectivity index (χ1v) is 18.0. The highest BCUT2D eigenvalue weighted by Gasteiger charge is 2.60. The van der Waals surface area contributed by atoms with Crippen LogP contribution >= 0.6 is 14.8 Å². The number of rotatable bonds is 9. The number of hydrogen-bond acceptors (Lipinski definition) is 1. The minimum atomic E-state index is -2.21. The van der Waals surface area contributed by atoms with Gasteiger partial charge in [0.1, 0.15) is 0 Å². The Labute approximate surface area is 232 Å². The van der Waals surface area contributed by atoms with Gasteiger partial charge < -0.3 is 0 Å². The second kappa shape index (κ2) is 11.8. The van der Waals surface area contributed by atoms with Crippen molar-refractivity contribution in [2.45, 2.75) is 50.8 Å². The number of benzene rings is 4. The van der Waals surface area contributed by atoms with Crippen LogP contribution in [0.25, 0.3) is 0 Å². The minimum Gasteiger partial charge on any atom is -0.158 e. The van der Waals surface area contributed by atoms with E-state index in [1.165, 1.54) is 40.1 Å². The first-order valence-electron chi connectivity index (χ1n) is 14.0. The maximum atomic E-state index is 5.41. The van der Waals surface area contributed by atoms with Crippen LogP contribution in [-0.2, 0) is 0 Å². The highest BCUT2D eigenvalue weighted by molar-refractivity contribution is 7.97. The van der Waals surface area contributed by atoms with Crippen molar-refractivity contribution in [1.82, 2.24) is 4.44 Å². The Bertz CT molecular complexity index is 1260. The third kappa shape index (κ3) is 4.91. The smallest absolute Gasteiger partial charge is 0.0934 e. The summed E-state index contributed by atoms with van der Waals surface area (Å²) >= 11 is 0. The average Bonchev–Trinajstić information content (AvgIpc) is 3.32. The molecule has 1 fully saturated rings. The van der Waals surface area contributed by atoms with Gasteiger partial charge >= 0.3 is 0 Å². The number of nitrogens with zero attached hydrogens (tertiary/aromatic N) is 1. The molecule has 5 rings (SSSR count). The molecule has 0 spiro atoms. The molecule has 0 saturated carbocycles. The fourth-order valence-electron chi connectivity index (χ4n) is 6.49. The van der Waals surface area contributed by atoms with Crippen LogP contribution in [0.5, 0.6) is 0 Å². The van der Waals surface area contributed by atoms with Gasteiger partial charge in [0.05, 0.1) is 35.9 Å². The zero-order chi connectivity index (χ0) is 26.6. The maximum absolute atomic E-state index is 5.41. The summed E-state index contributed by atoms with van der Waals surface area (Å²) in [7, 11) is -4.24. The average molecular weight is 538 g/mol. The van der Waals surface area contributed by atoms with Gasteiger partial charge in [0.2, 0.25) is 0 Å². The quantitative estimate of drug-likeness (QED) is 0.152. The Morgan fingerprint density at radius 3 is 1.71 bits per heavy atom. The zero-order valence-corrected chi connectivity index (χ0v) is 24.7. The Hall–Kier alpha value is -2.30. The molecule has 0 N–H and O–H groups in total. The van der Waals surface area contributed by atoms with E-state index < -0.39 is 14.8 Å². The van der Waals surface area contributed by atoms with Gasteiger partial charge in [-0.15, -0.1) is 11.1 Å². The molecule has 196 valence electrons. The van der Waals surface area contributed by atoms with Crippen molar-refractivity contribution >= 4 is 25.4 Å². The molecule has 4 aromatic carbocycles. The molecule has 0 amide bonds. The van der Waals surface area contributed by atoms with E-state index in [2.05, 4.69) is 134 Å². The van der Waals surface area contributed by atoms with E-state index >= 15 is 0 Å². The number of hydrogen-bond donors (Lipinski definition) is 0. The summed E-state index contributed by atoms with van der Waals surface area (Å²) in [6.45, 7) is 16.3. The lowest BCUT2D eigenvalue weighted by molar-refractivity contribution is 0.620. The molecular formula is C35H41NP2. The van der Waals surface area contributed by atoms with Crippen LogP contribution < -0.4 is 10.6 Å². The van der Waals surface area contributed by atoms with E-state index in [4.69, 9.17) is 13.3 Å². The monoisotopic (exact) mass is 537 g/mol. The van der Waals surface area contributed by atoms with Gasteiger partial charge in [0.15, 0.2) is 0 Å². The second-order valence-corrected chi connectivity index (χ2v) is 17.5. The van der Waals surface area contributed by atoms with Crippen molar-refractivity contribution < 1.29 is 0 Å². The van der Waals surface area contributed by atoms with Crippen LogP contribution in [0.1, 0.15) is 60.6 Å². The molecule has 1 unspecified atom stereocenters. The van der Waals surface area contributed by atoms with Crippen molar-refractivity contribution in [3.8, 4) is 0 Å². The summed E-state index contributed by atoms with van der Waals surface area (Å²) in [6.07, 6.45) is 4.65. The van der Waals surface area contributed by atoms with Crippen molar-refractivity contribution in [2.75, 3.05) is 6.54 Å². The first-order chi connectivity index (χ1) is 18.5. The van der Waals surface area contributed by atoms with Gasteiger partial charge in [0.25, 0.3) is 0 Å². The van der Waals surface area contributed by atoms with Crippen LogP contribution in [0, 0.1) is 20.3 Å². The predicted molar refractivity (Wildman–Crippen MR) is 171 cm³/mol. The van der Waals surface area contributed by atoms with Gasteiger partial charge in [-0.3, -0.25) is 0 Å². The standard InChI is InChI=1S/C35H41NP2/c1-5-6-28-36(37(3,32-23-14-9-15-24-32)33-25-17-16-18-29(33)2)38(4)34(30-19-10-7-11-20-30)26-27-35(38)31-21-12-8-13-22-31/h7-25,34-35H,3-6,26-28H2,1-2H3/t34-,35-,37?/m0/s1.